The summed E-state index contributed by atoms with van der Waals surface area (Å²) in [6.45, 7) is 2.60. The number of aliphatic hydroxyl groups is 1. The van der Waals surface area contributed by atoms with Crippen LogP contribution in [0.4, 0.5) is 0 Å². The number of benzene rings is 1. The van der Waals surface area contributed by atoms with Crippen molar-refractivity contribution in [1.29, 1.82) is 0 Å². The van der Waals surface area contributed by atoms with Crippen LogP contribution in [0, 0.1) is 6.92 Å². The normalized spacial score (nSPS) is 18.7. The average Bonchev–Trinajstić information content (AvgIpc) is 2.88. The fourth-order valence-corrected chi connectivity index (χ4v) is 2.47. The summed E-state index contributed by atoms with van der Waals surface area (Å²) in [5, 5.41) is 9.69. The van der Waals surface area contributed by atoms with Crippen molar-refractivity contribution in [2.45, 2.75) is 25.8 Å². The van der Waals surface area contributed by atoms with Crippen molar-refractivity contribution in [3.05, 3.63) is 28.8 Å². The molecular weight excluding hydrogens is 266 g/mol. The largest absolute Gasteiger partial charge is 0.482 e. The summed E-state index contributed by atoms with van der Waals surface area (Å²) in [7, 11) is 0. The Bertz CT molecular complexity index is 464. The minimum Gasteiger partial charge on any atom is -0.482 e. The number of carbonyl (C=O) groups is 1. The highest BCUT2D eigenvalue weighted by Gasteiger charge is 2.28. The molecule has 0 saturated carbocycles. The van der Waals surface area contributed by atoms with E-state index in [1.165, 1.54) is 0 Å². The molecule has 1 heterocycles. The van der Waals surface area contributed by atoms with E-state index in [-0.39, 0.29) is 25.2 Å². The molecule has 0 aliphatic carbocycles. The van der Waals surface area contributed by atoms with E-state index in [4.69, 9.17) is 16.3 Å². The lowest BCUT2D eigenvalue weighted by atomic mass is 10.2. The van der Waals surface area contributed by atoms with E-state index in [1.807, 2.05) is 19.1 Å². The molecule has 0 aromatic heterocycles. The van der Waals surface area contributed by atoms with Gasteiger partial charge in [0.1, 0.15) is 5.75 Å². The number of nitrogens with zero attached hydrogens (tertiary/aromatic N) is 1. The van der Waals surface area contributed by atoms with Crippen molar-refractivity contribution in [1.82, 2.24) is 4.90 Å². The van der Waals surface area contributed by atoms with Crippen LogP contribution in [0.1, 0.15) is 18.4 Å². The Morgan fingerprint density at radius 2 is 2.37 bits per heavy atom. The van der Waals surface area contributed by atoms with Crippen LogP contribution in [0.5, 0.6) is 5.75 Å². The molecule has 1 N–H and O–H groups in total. The first kappa shape index (κ1) is 14.2. The van der Waals surface area contributed by atoms with Gasteiger partial charge in [0.15, 0.2) is 6.61 Å². The number of carbonyl (C=O) groups excluding carboxylic acids is 1. The smallest absolute Gasteiger partial charge is 0.260 e. The third kappa shape index (κ3) is 3.39. The van der Waals surface area contributed by atoms with Gasteiger partial charge in [-0.1, -0.05) is 17.7 Å². The number of aryl methyl sites for hydroxylation is 1. The van der Waals surface area contributed by atoms with E-state index in [2.05, 4.69) is 0 Å². The van der Waals surface area contributed by atoms with Crippen LogP contribution >= 0.6 is 11.6 Å². The second-order valence-electron chi connectivity index (χ2n) is 4.79. The van der Waals surface area contributed by atoms with Crippen LogP contribution in [-0.4, -0.2) is 41.7 Å². The van der Waals surface area contributed by atoms with Gasteiger partial charge < -0.3 is 14.7 Å². The number of ether oxygens (including phenoxy) is 1. The standard InChI is InChI=1S/C14H18ClNO3/c1-10-4-5-12(15)13(7-10)19-9-14(18)16-6-2-3-11(16)8-17/h4-5,7,11,17H,2-3,6,8-9H2,1H3/t11-/m0/s1. The first-order chi connectivity index (χ1) is 9.11. The van der Waals surface area contributed by atoms with Gasteiger partial charge >= 0.3 is 0 Å². The van der Waals surface area contributed by atoms with E-state index < -0.39 is 0 Å². The number of aliphatic hydroxyl groups excluding tert-OH is 1. The zero-order valence-electron chi connectivity index (χ0n) is 10.9. The minimum absolute atomic E-state index is 0.0109. The molecule has 1 aliphatic rings. The fraction of sp³-hybridized carbons (Fsp3) is 0.500. The van der Waals surface area contributed by atoms with Crippen molar-refractivity contribution in [3.8, 4) is 5.75 Å². The first-order valence-electron chi connectivity index (χ1n) is 6.41. The number of hydrogen-bond acceptors (Lipinski definition) is 3. The lowest BCUT2D eigenvalue weighted by Gasteiger charge is -2.23. The topological polar surface area (TPSA) is 49.8 Å². The van der Waals surface area contributed by atoms with Crippen LogP contribution < -0.4 is 4.74 Å². The Morgan fingerprint density at radius 3 is 3.11 bits per heavy atom. The summed E-state index contributed by atoms with van der Waals surface area (Å²) in [5.41, 5.74) is 1.03. The van der Waals surface area contributed by atoms with Crippen molar-refractivity contribution in [2.24, 2.45) is 0 Å². The molecule has 1 fully saturated rings. The monoisotopic (exact) mass is 283 g/mol. The maximum absolute atomic E-state index is 12.0. The van der Waals surface area contributed by atoms with E-state index in [9.17, 15) is 9.90 Å². The summed E-state index contributed by atoms with van der Waals surface area (Å²) in [5.74, 6) is 0.420. The van der Waals surface area contributed by atoms with Crippen molar-refractivity contribution >= 4 is 17.5 Å². The molecular formula is C14H18ClNO3. The first-order valence-corrected chi connectivity index (χ1v) is 6.79. The fourth-order valence-electron chi connectivity index (χ4n) is 2.30. The number of likely N-dealkylation sites (tertiary alicyclic amines) is 1. The van der Waals surface area contributed by atoms with Crippen LogP contribution in [0.25, 0.3) is 0 Å². The van der Waals surface area contributed by atoms with E-state index in [0.717, 1.165) is 18.4 Å². The van der Waals surface area contributed by atoms with Crippen LogP contribution in [0.15, 0.2) is 18.2 Å². The van der Waals surface area contributed by atoms with Crippen molar-refractivity contribution in [2.75, 3.05) is 19.8 Å². The SMILES string of the molecule is Cc1ccc(Cl)c(OCC(=O)N2CCC[C@H]2CO)c1. The Hall–Kier alpha value is -1.26. The molecule has 1 aromatic rings. The van der Waals surface area contributed by atoms with Crippen molar-refractivity contribution in [3.63, 3.8) is 0 Å². The molecule has 0 unspecified atom stereocenters. The Labute approximate surface area is 117 Å². The highest BCUT2D eigenvalue weighted by atomic mass is 35.5. The Balaban J connectivity index is 1.95. The Kier molecular flexibility index (Phi) is 4.66. The second-order valence-corrected chi connectivity index (χ2v) is 5.20. The van der Waals surface area contributed by atoms with Gasteiger partial charge in [-0.05, 0) is 37.5 Å². The third-order valence-corrected chi connectivity index (χ3v) is 3.66. The quantitative estimate of drug-likeness (QED) is 0.920. The van der Waals surface area contributed by atoms with E-state index >= 15 is 0 Å². The second kappa shape index (κ2) is 6.26. The third-order valence-electron chi connectivity index (χ3n) is 3.35. The predicted octanol–water partition coefficient (Wildman–Crippen LogP) is 2.01. The van der Waals surface area contributed by atoms with E-state index in [1.54, 1.807) is 11.0 Å². The summed E-state index contributed by atoms with van der Waals surface area (Å²) in [6.07, 6.45) is 1.79. The maximum Gasteiger partial charge on any atom is 0.260 e. The number of amides is 1. The zero-order chi connectivity index (χ0) is 13.8. The van der Waals surface area contributed by atoms with Gasteiger partial charge in [-0.2, -0.15) is 0 Å². The predicted molar refractivity (Wildman–Crippen MR) is 73.5 cm³/mol. The number of halogens is 1. The Morgan fingerprint density at radius 1 is 1.58 bits per heavy atom. The molecule has 2 rings (SSSR count). The molecule has 0 spiro atoms. The molecule has 5 heteroatoms. The molecule has 1 aromatic carbocycles. The molecule has 1 atom stereocenters. The maximum atomic E-state index is 12.0. The molecule has 1 aliphatic heterocycles. The summed E-state index contributed by atoms with van der Waals surface area (Å²) in [6, 6.07) is 5.38. The lowest BCUT2D eigenvalue weighted by Crippen LogP contribution is -2.40. The lowest BCUT2D eigenvalue weighted by molar-refractivity contribution is -0.134. The summed E-state index contributed by atoms with van der Waals surface area (Å²) in [4.78, 5) is 13.7. The average molecular weight is 284 g/mol. The number of rotatable bonds is 4. The van der Waals surface area contributed by atoms with E-state index in [0.29, 0.717) is 17.3 Å². The zero-order valence-corrected chi connectivity index (χ0v) is 11.7. The highest BCUT2D eigenvalue weighted by molar-refractivity contribution is 6.32. The molecule has 19 heavy (non-hydrogen) atoms. The number of hydrogen-bond donors (Lipinski definition) is 1. The molecule has 0 bridgehead atoms. The van der Waals surface area contributed by atoms with Gasteiger partial charge in [0.2, 0.25) is 0 Å². The van der Waals surface area contributed by atoms with Crippen LogP contribution in [-0.2, 0) is 4.79 Å². The molecule has 1 amide bonds. The van der Waals surface area contributed by atoms with Gasteiger partial charge in [-0.3, -0.25) is 4.79 Å². The van der Waals surface area contributed by atoms with Crippen LogP contribution in [0.3, 0.4) is 0 Å². The molecule has 1 saturated heterocycles. The highest BCUT2D eigenvalue weighted by Crippen LogP contribution is 2.25. The minimum atomic E-state index is -0.103. The van der Waals surface area contributed by atoms with Crippen LogP contribution in [0.2, 0.25) is 5.02 Å². The molecule has 0 radical (unpaired) electrons. The van der Waals surface area contributed by atoms with Gasteiger partial charge in [0.05, 0.1) is 17.7 Å². The van der Waals surface area contributed by atoms with Gasteiger partial charge in [0.25, 0.3) is 5.91 Å². The van der Waals surface area contributed by atoms with Crippen molar-refractivity contribution < 1.29 is 14.6 Å². The van der Waals surface area contributed by atoms with Gasteiger partial charge in [0, 0.05) is 6.54 Å². The molecule has 4 nitrogen and oxygen atoms in total. The molecule has 104 valence electrons. The van der Waals surface area contributed by atoms with Gasteiger partial charge in [-0.15, -0.1) is 0 Å². The van der Waals surface area contributed by atoms with Gasteiger partial charge in [-0.25, -0.2) is 0 Å². The summed E-state index contributed by atoms with van der Waals surface area (Å²) < 4.78 is 5.48. The summed E-state index contributed by atoms with van der Waals surface area (Å²) >= 11 is 6.01.